The number of rotatable bonds is 2. The summed E-state index contributed by atoms with van der Waals surface area (Å²) in [7, 11) is 1.86. The van der Waals surface area contributed by atoms with E-state index in [2.05, 4.69) is 57.0 Å². The second-order valence-electron chi connectivity index (χ2n) is 5.31. The molecule has 0 amide bonds. The summed E-state index contributed by atoms with van der Waals surface area (Å²) in [6.07, 6.45) is 0. The van der Waals surface area contributed by atoms with E-state index in [0.29, 0.717) is 5.82 Å². The van der Waals surface area contributed by atoms with Crippen LogP contribution in [-0.2, 0) is 5.41 Å². The number of hydrogen-bond acceptors (Lipinski definition) is 5. The molecule has 0 bridgehead atoms. The van der Waals surface area contributed by atoms with Crippen molar-refractivity contribution in [3.8, 4) is 11.5 Å². The average molecular weight is 341 g/mol. The molecule has 2 aromatic heterocycles. The van der Waals surface area contributed by atoms with Gasteiger partial charge in [0.05, 0.1) is 15.2 Å². The maximum Gasteiger partial charge on any atom is 0.181 e. The number of halogens is 1. The summed E-state index contributed by atoms with van der Waals surface area (Å²) in [5.74, 6) is 1.46. The summed E-state index contributed by atoms with van der Waals surface area (Å²) in [4.78, 5) is 13.7. The summed E-state index contributed by atoms with van der Waals surface area (Å²) in [6.45, 7) is 8.39. The number of aryl methyl sites for hydroxylation is 1. The highest BCUT2D eigenvalue weighted by atomic mass is 79.9. The van der Waals surface area contributed by atoms with Gasteiger partial charge in [-0.15, -0.1) is 11.3 Å². The molecule has 0 aliphatic heterocycles. The molecule has 0 spiro atoms. The Hall–Kier alpha value is -1.01. The molecule has 0 saturated carbocycles. The third-order valence-corrected chi connectivity index (χ3v) is 4.17. The van der Waals surface area contributed by atoms with Crippen LogP contribution in [0.2, 0.25) is 0 Å². The van der Waals surface area contributed by atoms with Gasteiger partial charge in [0.15, 0.2) is 5.82 Å². The van der Waals surface area contributed by atoms with Gasteiger partial charge in [-0.3, -0.25) is 0 Å². The van der Waals surface area contributed by atoms with E-state index in [4.69, 9.17) is 0 Å². The normalized spacial score (nSPS) is 11.7. The van der Waals surface area contributed by atoms with E-state index in [-0.39, 0.29) is 5.41 Å². The highest BCUT2D eigenvalue weighted by Gasteiger charge is 2.23. The van der Waals surface area contributed by atoms with Crippen LogP contribution in [0.3, 0.4) is 0 Å². The zero-order chi connectivity index (χ0) is 14.2. The van der Waals surface area contributed by atoms with Gasteiger partial charge in [-0.2, -0.15) is 0 Å². The second kappa shape index (κ2) is 5.17. The van der Waals surface area contributed by atoms with E-state index in [9.17, 15) is 0 Å². The first-order valence-electron chi connectivity index (χ1n) is 6.01. The van der Waals surface area contributed by atoms with Crippen LogP contribution in [0.5, 0.6) is 0 Å². The van der Waals surface area contributed by atoms with Gasteiger partial charge in [0.2, 0.25) is 0 Å². The van der Waals surface area contributed by atoms with Crippen molar-refractivity contribution in [2.45, 2.75) is 33.1 Å². The third kappa shape index (κ3) is 2.95. The van der Waals surface area contributed by atoms with Gasteiger partial charge in [-0.05, 0) is 22.9 Å². The standard InChI is InChI=1S/C13H17BrN4S/c1-7-16-8(6-19-7)11-17-10(13(2,3)4)9(14)12(15-5)18-11/h6H,1-5H3,(H,15,17,18). The quantitative estimate of drug-likeness (QED) is 0.897. The van der Waals surface area contributed by atoms with Gasteiger partial charge < -0.3 is 5.32 Å². The summed E-state index contributed by atoms with van der Waals surface area (Å²) < 4.78 is 0.915. The number of anilines is 1. The summed E-state index contributed by atoms with van der Waals surface area (Å²) in [5.41, 5.74) is 1.75. The van der Waals surface area contributed by atoms with Gasteiger partial charge >= 0.3 is 0 Å². The van der Waals surface area contributed by atoms with Gasteiger partial charge in [0.25, 0.3) is 0 Å². The minimum absolute atomic E-state index is 0.0623. The number of thiazole rings is 1. The molecule has 102 valence electrons. The van der Waals surface area contributed by atoms with Crippen molar-refractivity contribution >= 4 is 33.1 Å². The highest BCUT2D eigenvalue weighted by molar-refractivity contribution is 9.10. The SMILES string of the molecule is CNc1nc(-c2csc(C)n2)nc(C(C)(C)C)c1Br. The van der Waals surface area contributed by atoms with Crippen molar-refractivity contribution in [2.24, 2.45) is 0 Å². The Morgan fingerprint density at radius 3 is 2.37 bits per heavy atom. The molecule has 2 heterocycles. The molecule has 2 aromatic rings. The highest BCUT2D eigenvalue weighted by Crippen LogP contribution is 2.34. The van der Waals surface area contributed by atoms with E-state index in [1.807, 2.05) is 19.4 Å². The lowest BCUT2D eigenvalue weighted by atomic mass is 9.92. The molecule has 0 aliphatic carbocycles. The van der Waals surface area contributed by atoms with Gasteiger partial charge in [0, 0.05) is 17.8 Å². The van der Waals surface area contributed by atoms with Crippen LogP contribution in [0.4, 0.5) is 5.82 Å². The Bertz CT molecular complexity index is 601. The minimum atomic E-state index is -0.0623. The minimum Gasteiger partial charge on any atom is -0.372 e. The fourth-order valence-corrected chi connectivity index (χ4v) is 3.25. The lowest BCUT2D eigenvalue weighted by Gasteiger charge is -2.21. The molecule has 1 N–H and O–H groups in total. The van der Waals surface area contributed by atoms with Crippen LogP contribution in [-0.4, -0.2) is 22.0 Å². The van der Waals surface area contributed by atoms with Crippen LogP contribution in [0.1, 0.15) is 31.5 Å². The molecule has 4 nitrogen and oxygen atoms in total. The van der Waals surface area contributed by atoms with Crippen molar-refractivity contribution < 1.29 is 0 Å². The van der Waals surface area contributed by atoms with Crippen molar-refractivity contribution in [3.63, 3.8) is 0 Å². The average Bonchev–Trinajstić information content (AvgIpc) is 2.74. The molecular formula is C13H17BrN4S. The van der Waals surface area contributed by atoms with Gasteiger partial charge in [-0.1, -0.05) is 20.8 Å². The second-order valence-corrected chi connectivity index (χ2v) is 7.17. The van der Waals surface area contributed by atoms with Crippen LogP contribution < -0.4 is 5.32 Å². The van der Waals surface area contributed by atoms with Crippen molar-refractivity contribution in [3.05, 3.63) is 20.6 Å². The predicted molar refractivity (Wildman–Crippen MR) is 83.8 cm³/mol. The fraction of sp³-hybridized carbons (Fsp3) is 0.462. The number of nitrogens with zero attached hydrogens (tertiary/aromatic N) is 3. The Labute approximate surface area is 125 Å². The number of aromatic nitrogens is 3. The molecular weight excluding hydrogens is 324 g/mol. The first-order chi connectivity index (χ1) is 8.82. The van der Waals surface area contributed by atoms with Gasteiger partial charge in [0.1, 0.15) is 11.5 Å². The lowest BCUT2D eigenvalue weighted by Crippen LogP contribution is -2.17. The van der Waals surface area contributed by atoms with E-state index in [1.54, 1.807) is 11.3 Å². The molecule has 0 unspecified atom stereocenters. The van der Waals surface area contributed by atoms with Crippen LogP contribution in [0, 0.1) is 6.92 Å². The monoisotopic (exact) mass is 340 g/mol. The van der Waals surface area contributed by atoms with Crippen molar-refractivity contribution in [2.75, 3.05) is 12.4 Å². The van der Waals surface area contributed by atoms with E-state index >= 15 is 0 Å². The van der Waals surface area contributed by atoms with E-state index in [1.165, 1.54) is 0 Å². The Kier molecular flexibility index (Phi) is 3.92. The molecule has 0 fully saturated rings. The zero-order valence-electron chi connectivity index (χ0n) is 11.7. The van der Waals surface area contributed by atoms with Crippen molar-refractivity contribution in [1.82, 2.24) is 15.0 Å². The summed E-state index contributed by atoms with van der Waals surface area (Å²) in [5, 5.41) is 6.11. The molecule has 0 radical (unpaired) electrons. The molecule has 6 heteroatoms. The van der Waals surface area contributed by atoms with Crippen molar-refractivity contribution in [1.29, 1.82) is 0 Å². The number of hydrogen-bond donors (Lipinski definition) is 1. The Morgan fingerprint density at radius 1 is 1.21 bits per heavy atom. The largest absolute Gasteiger partial charge is 0.372 e. The van der Waals surface area contributed by atoms with Crippen LogP contribution >= 0.6 is 27.3 Å². The van der Waals surface area contributed by atoms with E-state index < -0.39 is 0 Å². The summed E-state index contributed by atoms with van der Waals surface area (Å²) in [6, 6.07) is 0. The predicted octanol–water partition coefficient (Wildman–Crippen LogP) is 4.01. The van der Waals surface area contributed by atoms with Crippen LogP contribution in [0.15, 0.2) is 9.85 Å². The molecule has 19 heavy (non-hydrogen) atoms. The fourth-order valence-electron chi connectivity index (χ4n) is 1.69. The third-order valence-electron chi connectivity index (χ3n) is 2.65. The Balaban J connectivity index is 2.64. The molecule has 0 atom stereocenters. The van der Waals surface area contributed by atoms with E-state index in [0.717, 1.165) is 26.7 Å². The van der Waals surface area contributed by atoms with Gasteiger partial charge in [-0.25, -0.2) is 15.0 Å². The van der Waals surface area contributed by atoms with Crippen LogP contribution in [0.25, 0.3) is 11.5 Å². The lowest BCUT2D eigenvalue weighted by molar-refractivity contribution is 0.564. The maximum absolute atomic E-state index is 4.68. The zero-order valence-corrected chi connectivity index (χ0v) is 14.1. The summed E-state index contributed by atoms with van der Waals surface area (Å²) >= 11 is 5.19. The molecule has 0 saturated heterocycles. The molecule has 2 rings (SSSR count). The topological polar surface area (TPSA) is 50.7 Å². The molecule has 0 aromatic carbocycles. The Morgan fingerprint density at radius 2 is 1.89 bits per heavy atom. The first kappa shape index (κ1) is 14.4. The molecule has 0 aliphatic rings. The first-order valence-corrected chi connectivity index (χ1v) is 7.68. The maximum atomic E-state index is 4.68. The number of nitrogens with one attached hydrogen (secondary N) is 1. The smallest absolute Gasteiger partial charge is 0.181 e.